The van der Waals surface area contributed by atoms with Gasteiger partial charge in [-0.2, -0.15) is 0 Å². The van der Waals surface area contributed by atoms with Gasteiger partial charge in [-0.05, 0) is 43.3 Å². The molecule has 0 aliphatic rings. The van der Waals surface area contributed by atoms with Gasteiger partial charge in [0.25, 0.3) is 5.91 Å². The Morgan fingerprint density at radius 3 is 2.88 bits per heavy atom. The van der Waals surface area contributed by atoms with Crippen LogP contribution in [0.2, 0.25) is 0 Å². The normalized spacial score (nSPS) is 10.3. The average Bonchev–Trinajstić information content (AvgIpc) is 3.15. The van der Waals surface area contributed by atoms with Crippen LogP contribution in [0.25, 0.3) is 0 Å². The number of rotatable bonds is 7. The van der Waals surface area contributed by atoms with Crippen molar-refractivity contribution in [1.29, 1.82) is 0 Å². The summed E-state index contributed by atoms with van der Waals surface area (Å²) in [4.78, 5) is 16.4. The second kappa shape index (κ2) is 8.01. The van der Waals surface area contributed by atoms with Crippen LogP contribution in [-0.4, -0.2) is 17.5 Å². The van der Waals surface area contributed by atoms with Crippen molar-refractivity contribution in [2.45, 2.75) is 13.5 Å². The monoisotopic (exact) mass is 337 g/mol. The zero-order valence-electron chi connectivity index (χ0n) is 13.9. The summed E-state index contributed by atoms with van der Waals surface area (Å²) >= 11 is 0. The number of nitrogens with one attached hydrogen (secondary N) is 2. The summed E-state index contributed by atoms with van der Waals surface area (Å²) < 4.78 is 10.8. The van der Waals surface area contributed by atoms with Crippen molar-refractivity contribution in [3.8, 4) is 5.75 Å². The molecule has 2 aromatic heterocycles. The Hall–Kier alpha value is -3.28. The van der Waals surface area contributed by atoms with E-state index in [0.717, 1.165) is 17.1 Å². The first-order valence-electron chi connectivity index (χ1n) is 8.01. The highest BCUT2D eigenvalue weighted by atomic mass is 16.5. The third-order valence-electron chi connectivity index (χ3n) is 3.46. The smallest absolute Gasteiger partial charge is 0.270 e. The van der Waals surface area contributed by atoms with Crippen molar-refractivity contribution in [3.63, 3.8) is 0 Å². The molecule has 0 fully saturated rings. The lowest BCUT2D eigenvalue weighted by Gasteiger charge is -2.12. The Morgan fingerprint density at radius 2 is 2.08 bits per heavy atom. The summed E-state index contributed by atoms with van der Waals surface area (Å²) in [6.07, 6.45) is 3.16. The van der Waals surface area contributed by atoms with Crippen LogP contribution in [0.3, 0.4) is 0 Å². The maximum atomic E-state index is 12.2. The van der Waals surface area contributed by atoms with E-state index in [1.54, 1.807) is 36.7 Å². The molecule has 2 heterocycles. The molecule has 0 saturated carbocycles. The lowest BCUT2D eigenvalue weighted by molar-refractivity contribution is 0.0943. The van der Waals surface area contributed by atoms with Gasteiger partial charge in [0.15, 0.2) is 0 Å². The number of hydrogen-bond acceptors (Lipinski definition) is 5. The van der Waals surface area contributed by atoms with Crippen molar-refractivity contribution < 1.29 is 13.9 Å². The molecule has 0 radical (unpaired) electrons. The van der Waals surface area contributed by atoms with Gasteiger partial charge in [-0.25, -0.2) is 0 Å². The zero-order chi connectivity index (χ0) is 17.5. The van der Waals surface area contributed by atoms with Gasteiger partial charge >= 0.3 is 0 Å². The van der Waals surface area contributed by atoms with Gasteiger partial charge in [-0.1, -0.05) is 12.1 Å². The standard InChI is InChI=1S/C19H19N3O3/c1-2-24-18-8-4-3-7-16(18)22-14-9-10-20-17(12-14)19(23)21-13-15-6-5-11-25-15/h3-12H,2,13H2,1H3,(H,20,22)(H,21,23). The van der Waals surface area contributed by atoms with Crippen molar-refractivity contribution in [2.24, 2.45) is 0 Å². The number of pyridine rings is 1. The predicted molar refractivity (Wildman–Crippen MR) is 95.0 cm³/mol. The van der Waals surface area contributed by atoms with E-state index >= 15 is 0 Å². The molecule has 1 amide bonds. The molecule has 2 N–H and O–H groups in total. The molecule has 3 rings (SSSR count). The second-order valence-electron chi connectivity index (χ2n) is 5.25. The summed E-state index contributed by atoms with van der Waals surface area (Å²) in [7, 11) is 0. The fraction of sp³-hybridized carbons (Fsp3) is 0.158. The largest absolute Gasteiger partial charge is 0.492 e. The first kappa shape index (κ1) is 16.6. The van der Waals surface area contributed by atoms with Crippen LogP contribution in [0.1, 0.15) is 23.2 Å². The van der Waals surface area contributed by atoms with Gasteiger partial charge in [0.05, 0.1) is 25.1 Å². The summed E-state index contributed by atoms with van der Waals surface area (Å²) in [5.41, 5.74) is 1.91. The molecular weight excluding hydrogens is 318 g/mol. The molecule has 0 spiro atoms. The Labute approximate surface area is 145 Å². The summed E-state index contributed by atoms with van der Waals surface area (Å²) in [5, 5.41) is 6.04. The minimum atomic E-state index is -0.266. The van der Waals surface area contributed by atoms with Gasteiger partial charge < -0.3 is 19.8 Å². The molecule has 0 saturated heterocycles. The minimum absolute atomic E-state index is 0.266. The predicted octanol–water partition coefficient (Wildman–Crippen LogP) is 3.75. The lowest BCUT2D eigenvalue weighted by Crippen LogP contribution is -2.23. The summed E-state index contributed by atoms with van der Waals surface area (Å²) in [6, 6.07) is 14.7. The van der Waals surface area contributed by atoms with Crippen molar-refractivity contribution in [3.05, 3.63) is 72.4 Å². The molecule has 0 unspecified atom stereocenters. The summed E-state index contributed by atoms with van der Waals surface area (Å²) in [6.45, 7) is 2.83. The number of anilines is 2. The number of hydrogen-bond donors (Lipinski definition) is 2. The number of benzene rings is 1. The molecule has 0 aliphatic carbocycles. The molecule has 3 aromatic rings. The third kappa shape index (κ3) is 4.38. The van der Waals surface area contributed by atoms with E-state index in [2.05, 4.69) is 15.6 Å². The van der Waals surface area contributed by atoms with Crippen molar-refractivity contribution in [2.75, 3.05) is 11.9 Å². The van der Waals surface area contributed by atoms with Crippen LogP contribution in [0.5, 0.6) is 5.75 Å². The highest BCUT2D eigenvalue weighted by Gasteiger charge is 2.10. The quantitative estimate of drug-likeness (QED) is 0.687. The van der Waals surface area contributed by atoms with Crippen molar-refractivity contribution in [1.82, 2.24) is 10.3 Å². The SMILES string of the molecule is CCOc1ccccc1Nc1ccnc(C(=O)NCc2ccco2)c1. The number of furan rings is 1. The first-order valence-corrected chi connectivity index (χ1v) is 8.01. The lowest BCUT2D eigenvalue weighted by atomic mass is 10.2. The van der Waals surface area contributed by atoms with Gasteiger partial charge in [0, 0.05) is 11.9 Å². The average molecular weight is 337 g/mol. The Bertz CT molecular complexity index is 831. The molecular formula is C19H19N3O3. The van der Waals surface area contributed by atoms with Gasteiger partial charge in [0.2, 0.25) is 0 Å². The molecule has 6 heteroatoms. The molecule has 128 valence electrons. The Morgan fingerprint density at radius 1 is 1.20 bits per heavy atom. The third-order valence-corrected chi connectivity index (χ3v) is 3.46. The van der Waals surface area contributed by atoms with Crippen molar-refractivity contribution >= 4 is 17.3 Å². The zero-order valence-corrected chi connectivity index (χ0v) is 13.9. The van der Waals surface area contributed by atoms with E-state index in [9.17, 15) is 4.79 Å². The van der Waals surface area contributed by atoms with Gasteiger partial charge in [-0.3, -0.25) is 9.78 Å². The van der Waals surface area contributed by atoms with E-state index in [1.807, 2.05) is 31.2 Å². The number of amides is 1. The number of nitrogens with zero attached hydrogens (tertiary/aromatic N) is 1. The maximum absolute atomic E-state index is 12.2. The Kier molecular flexibility index (Phi) is 5.31. The highest BCUT2D eigenvalue weighted by molar-refractivity contribution is 5.93. The van der Waals surface area contributed by atoms with E-state index in [4.69, 9.17) is 9.15 Å². The minimum Gasteiger partial charge on any atom is -0.492 e. The van der Waals surface area contributed by atoms with Crippen LogP contribution >= 0.6 is 0 Å². The highest BCUT2D eigenvalue weighted by Crippen LogP contribution is 2.27. The van der Waals surface area contributed by atoms with E-state index in [0.29, 0.717) is 24.6 Å². The second-order valence-corrected chi connectivity index (χ2v) is 5.25. The molecule has 0 atom stereocenters. The first-order chi connectivity index (χ1) is 12.3. The fourth-order valence-electron chi connectivity index (χ4n) is 2.31. The van der Waals surface area contributed by atoms with E-state index in [-0.39, 0.29) is 5.91 Å². The van der Waals surface area contributed by atoms with Crippen LogP contribution in [-0.2, 0) is 6.54 Å². The topological polar surface area (TPSA) is 76.4 Å². The maximum Gasteiger partial charge on any atom is 0.270 e. The molecule has 6 nitrogen and oxygen atoms in total. The fourth-order valence-corrected chi connectivity index (χ4v) is 2.31. The van der Waals surface area contributed by atoms with Crippen LogP contribution in [0.4, 0.5) is 11.4 Å². The number of ether oxygens (including phenoxy) is 1. The Balaban J connectivity index is 1.70. The van der Waals surface area contributed by atoms with Crippen LogP contribution < -0.4 is 15.4 Å². The van der Waals surface area contributed by atoms with Crippen LogP contribution in [0, 0.1) is 0 Å². The van der Waals surface area contributed by atoms with E-state index < -0.39 is 0 Å². The number of carbonyl (C=O) groups excluding carboxylic acids is 1. The summed E-state index contributed by atoms with van der Waals surface area (Å²) in [5.74, 6) is 1.18. The van der Waals surface area contributed by atoms with Gasteiger partial charge in [0.1, 0.15) is 17.2 Å². The molecule has 25 heavy (non-hydrogen) atoms. The van der Waals surface area contributed by atoms with Gasteiger partial charge in [-0.15, -0.1) is 0 Å². The molecule has 1 aromatic carbocycles. The molecule has 0 bridgehead atoms. The van der Waals surface area contributed by atoms with E-state index in [1.165, 1.54) is 0 Å². The number of aromatic nitrogens is 1. The van der Waals surface area contributed by atoms with Crippen LogP contribution in [0.15, 0.2) is 65.4 Å². The molecule has 0 aliphatic heterocycles. The number of para-hydroxylation sites is 2. The number of carbonyl (C=O) groups is 1.